The molecule has 1 heterocycles. The fraction of sp³-hybridized carbons (Fsp3) is 0.846. The summed E-state index contributed by atoms with van der Waals surface area (Å²) in [6.45, 7) is 4.02. The Hall–Kier alpha value is -1.46. The van der Waals surface area contributed by atoms with Gasteiger partial charge in [0.25, 0.3) is 0 Å². The maximum Gasteiger partial charge on any atom is 0.305 e. The van der Waals surface area contributed by atoms with Crippen molar-refractivity contribution >= 4 is 5.97 Å². The molecule has 0 aliphatic heterocycles. The molecule has 1 atom stereocenters. The van der Waals surface area contributed by atoms with Gasteiger partial charge in [0, 0.05) is 6.42 Å². The molecular weight excluding hydrogens is 244 g/mol. The number of nitrogens with zero attached hydrogens (tertiary/aromatic N) is 4. The molecule has 1 fully saturated rings. The first-order valence-corrected chi connectivity index (χ1v) is 7.06. The lowest BCUT2D eigenvalue weighted by Gasteiger charge is -2.20. The molecule has 0 radical (unpaired) electrons. The Morgan fingerprint density at radius 3 is 2.68 bits per heavy atom. The molecule has 6 nitrogen and oxygen atoms in total. The van der Waals surface area contributed by atoms with E-state index >= 15 is 0 Å². The van der Waals surface area contributed by atoms with Gasteiger partial charge in [0.2, 0.25) is 0 Å². The molecule has 1 aromatic heterocycles. The van der Waals surface area contributed by atoms with Crippen LogP contribution in [0.4, 0.5) is 0 Å². The molecule has 106 valence electrons. The highest BCUT2D eigenvalue weighted by atomic mass is 16.4. The first-order valence-electron chi connectivity index (χ1n) is 7.06. The minimum Gasteiger partial charge on any atom is -0.481 e. The zero-order valence-electron chi connectivity index (χ0n) is 11.6. The molecule has 2 rings (SSSR count). The summed E-state index contributed by atoms with van der Waals surface area (Å²) in [5.74, 6) is 0.886. The second-order valence-electron chi connectivity index (χ2n) is 5.80. The van der Waals surface area contributed by atoms with E-state index in [9.17, 15) is 4.79 Å². The van der Waals surface area contributed by atoms with Crippen LogP contribution < -0.4 is 0 Å². The average Bonchev–Trinajstić information content (AvgIpc) is 2.97. The van der Waals surface area contributed by atoms with Crippen molar-refractivity contribution < 1.29 is 9.90 Å². The average molecular weight is 266 g/mol. The summed E-state index contributed by atoms with van der Waals surface area (Å²) in [7, 11) is 0. The molecule has 0 aromatic carbocycles. The largest absolute Gasteiger partial charge is 0.481 e. The molecule has 0 spiro atoms. The molecule has 0 saturated heterocycles. The van der Waals surface area contributed by atoms with Crippen molar-refractivity contribution in [1.82, 2.24) is 20.2 Å². The van der Waals surface area contributed by atoms with Crippen LogP contribution in [0.2, 0.25) is 0 Å². The summed E-state index contributed by atoms with van der Waals surface area (Å²) in [6, 6.07) is -0.163. The van der Waals surface area contributed by atoms with Crippen molar-refractivity contribution in [3.05, 3.63) is 5.82 Å². The number of carbonyl (C=O) groups is 1. The molecule has 1 aliphatic carbocycles. The van der Waals surface area contributed by atoms with Gasteiger partial charge in [-0.15, -0.1) is 5.10 Å². The van der Waals surface area contributed by atoms with E-state index in [4.69, 9.17) is 5.11 Å². The Bertz CT molecular complexity index is 424. The molecule has 0 amide bonds. The van der Waals surface area contributed by atoms with Crippen LogP contribution in [0.3, 0.4) is 0 Å². The second kappa shape index (κ2) is 6.12. The predicted octanol–water partition coefficient (Wildman–Crippen LogP) is 2.08. The number of aliphatic carboxylic acids is 1. The van der Waals surface area contributed by atoms with Crippen molar-refractivity contribution in [1.29, 1.82) is 0 Å². The minimum absolute atomic E-state index is 0.0698. The summed E-state index contributed by atoms with van der Waals surface area (Å²) in [4.78, 5) is 11.0. The number of carboxylic acids is 1. The van der Waals surface area contributed by atoms with Gasteiger partial charge in [0.15, 0.2) is 5.82 Å². The number of hydrogen-bond donors (Lipinski definition) is 1. The van der Waals surface area contributed by atoms with E-state index in [1.165, 1.54) is 25.7 Å². The molecule has 6 heteroatoms. The number of rotatable bonds is 6. The van der Waals surface area contributed by atoms with Crippen LogP contribution in [0.25, 0.3) is 0 Å². The van der Waals surface area contributed by atoms with Gasteiger partial charge < -0.3 is 5.11 Å². The molecule has 1 aliphatic rings. The van der Waals surface area contributed by atoms with E-state index in [2.05, 4.69) is 15.5 Å². The molecule has 1 N–H and O–H groups in total. The normalized spacial score (nSPS) is 18.1. The van der Waals surface area contributed by atoms with Crippen molar-refractivity contribution in [3.63, 3.8) is 0 Å². The van der Waals surface area contributed by atoms with Crippen LogP contribution >= 0.6 is 0 Å². The zero-order chi connectivity index (χ0) is 13.8. The Labute approximate surface area is 113 Å². The highest BCUT2D eigenvalue weighted by Gasteiger charge is 2.25. The maximum atomic E-state index is 11.0. The van der Waals surface area contributed by atoms with Crippen LogP contribution in [0.5, 0.6) is 0 Å². The lowest BCUT2D eigenvalue weighted by atomic mass is 9.99. The summed E-state index contributed by atoms with van der Waals surface area (Å²) < 4.78 is 1.73. The third-order valence-corrected chi connectivity index (χ3v) is 3.97. The molecular formula is C13H22N4O2. The molecule has 0 bridgehead atoms. The van der Waals surface area contributed by atoms with E-state index in [0.29, 0.717) is 5.92 Å². The van der Waals surface area contributed by atoms with Crippen LogP contribution in [0.15, 0.2) is 0 Å². The summed E-state index contributed by atoms with van der Waals surface area (Å²) in [5, 5.41) is 20.9. The van der Waals surface area contributed by atoms with Crippen molar-refractivity contribution in [2.24, 2.45) is 11.8 Å². The van der Waals surface area contributed by atoms with Gasteiger partial charge in [-0.3, -0.25) is 4.79 Å². The van der Waals surface area contributed by atoms with Crippen LogP contribution in [-0.2, 0) is 11.2 Å². The van der Waals surface area contributed by atoms with E-state index in [0.717, 1.165) is 12.2 Å². The molecule has 1 unspecified atom stereocenters. The zero-order valence-corrected chi connectivity index (χ0v) is 11.6. The summed E-state index contributed by atoms with van der Waals surface area (Å²) >= 11 is 0. The van der Waals surface area contributed by atoms with Crippen molar-refractivity contribution in [2.45, 2.75) is 58.4 Å². The second-order valence-corrected chi connectivity index (χ2v) is 5.80. The molecule has 1 saturated carbocycles. The first-order chi connectivity index (χ1) is 9.08. The van der Waals surface area contributed by atoms with Crippen LogP contribution in [0.1, 0.15) is 57.8 Å². The SMILES string of the molecule is CC(C)C(CC(=O)O)n1nnnc1CC1CCCC1. The van der Waals surface area contributed by atoms with Crippen molar-refractivity contribution in [3.8, 4) is 0 Å². The lowest BCUT2D eigenvalue weighted by molar-refractivity contribution is -0.138. The van der Waals surface area contributed by atoms with Gasteiger partial charge >= 0.3 is 5.97 Å². The fourth-order valence-corrected chi connectivity index (χ4v) is 2.86. The number of hydrogen-bond acceptors (Lipinski definition) is 4. The van der Waals surface area contributed by atoms with Gasteiger partial charge in [0.05, 0.1) is 12.5 Å². The van der Waals surface area contributed by atoms with E-state index in [1.54, 1.807) is 4.68 Å². The van der Waals surface area contributed by atoms with Gasteiger partial charge in [0.1, 0.15) is 0 Å². The summed E-state index contributed by atoms with van der Waals surface area (Å²) in [6.07, 6.45) is 5.98. The highest BCUT2D eigenvalue weighted by Crippen LogP contribution is 2.29. The van der Waals surface area contributed by atoms with Gasteiger partial charge in [-0.25, -0.2) is 4.68 Å². The monoisotopic (exact) mass is 266 g/mol. The quantitative estimate of drug-likeness (QED) is 0.852. The van der Waals surface area contributed by atoms with E-state index < -0.39 is 5.97 Å². The smallest absolute Gasteiger partial charge is 0.305 e. The van der Waals surface area contributed by atoms with E-state index in [-0.39, 0.29) is 18.4 Å². The van der Waals surface area contributed by atoms with Gasteiger partial charge in [-0.1, -0.05) is 39.5 Å². The molecule has 19 heavy (non-hydrogen) atoms. The predicted molar refractivity (Wildman–Crippen MR) is 69.6 cm³/mol. The Kier molecular flexibility index (Phi) is 4.50. The topological polar surface area (TPSA) is 80.9 Å². The van der Waals surface area contributed by atoms with Crippen LogP contribution in [-0.4, -0.2) is 31.3 Å². The lowest BCUT2D eigenvalue weighted by Crippen LogP contribution is -2.23. The first kappa shape index (κ1) is 14.0. The standard InChI is InChI=1S/C13H22N4O2/c1-9(2)11(8-13(18)19)17-12(14-15-16-17)7-10-5-3-4-6-10/h9-11H,3-8H2,1-2H3,(H,18,19). The van der Waals surface area contributed by atoms with E-state index in [1.807, 2.05) is 13.8 Å². The summed E-state index contributed by atoms with van der Waals surface area (Å²) in [5.41, 5.74) is 0. The minimum atomic E-state index is -0.805. The fourth-order valence-electron chi connectivity index (χ4n) is 2.86. The maximum absolute atomic E-state index is 11.0. The number of aromatic nitrogens is 4. The van der Waals surface area contributed by atoms with Gasteiger partial charge in [-0.2, -0.15) is 0 Å². The number of carboxylic acid groups (broad SMARTS) is 1. The molecule has 1 aromatic rings. The third kappa shape index (κ3) is 3.52. The highest BCUT2D eigenvalue weighted by molar-refractivity contribution is 5.67. The Morgan fingerprint density at radius 2 is 2.11 bits per heavy atom. The van der Waals surface area contributed by atoms with Crippen LogP contribution in [0, 0.1) is 11.8 Å². The third-order valence-electron chi connectivity index (χ3n) is 3.97. The van der Waals surface area contributed by atoms with Gasteiger partial charge in [-0.05, 0) is 22.3 Å². The van der Waals surface area contributed by atoms with Crippen molar-refractivity contribution in [2.75, 3.05) is 0 Å². The Morgan fingerprint density at radius 1 is 1.42 bits per heavy atom. The number of tetrazole rings is 1. The Balaban J connectivity index is 2.13.